The highest BCUT2D eigenvalue weighted by Crippen LogP contribution is 2.32. The molecule has 3 saturated carbocycles. The van der Waals surface area contributed by atoms with E-state index in [9.17, 15) is 28.8 Å². The van der Waals surface area contributed by atoms with Crippen molar-refractivity contribution in [2.75, 3.05) is 52.4 Å². The van der Waals surface area contributed by atoms with E-state index in [0.29, 0.717) is 70.9 Å². The van der Waals surface area contributed by atoms with Gasteiger partial charge in [0, 0.05) is 42.9 Å². The van der Waals surface area contributed by atoms with E-state index in [1.165, 1.54) is 45.4 Å². The maximum absolute atomic E-state index is 13.7. The van der Waals surface area contributed by atoms with Gasteiger partial charge in [0.25, 0.3) is 5.91 Å². The van der Waals surface area contributed by atoms with Crippen molar-refractivity contribution >= 4 is 35.4 Å². The summed E-state index contributed by atoms with van der Waals surface area (Å²) in [6.07, 6.45) is 15.2. The molecule has 6 aliphatic rings. The van der Waals surface area contributed by atoms with Crippen LogP contribution >= 0.6 is 0 Å². The summed E-state index contributed by atoms with van der Waals surface area (Å²) >= 11 is 0. The van der Waals surface area contributed by atoms with Gasteiger partial charge < -0.3 is 41.7 Å². The summed E-state index contributed by atoms with van der Waals surface area (Å²) in [7, 11) is 0. The molecule has 3 heterocycles. The van der Waals surface area contributed by atoms with Crippen LogP contribution in [-0.2, 0) is 24.0 Å². The SMILES string of the molecule is CC(=O)C(N=NC1CCC(C(=O)NC2CC(C(=O)NCCCN3CCCCC3)CC(C(=O)NCCCN3CCCCC3)C2)CC1)C(=O)NC1CCC2NC(=O)NC2C1. The Bertz CT molecular complexity index is 1400. The third-order valence-corrected chi connectivity index (χ3v) is 13.5. The van der Waals surface area contributed by atoms with Gasteiger partial charge in [0.2, 0.25) is 23.8 Å². The molecular formula is C42H70N10O6. The number of nitrogens with zero attached hydrogens (tertiary/aromatic N) is 4. The molecule has 0 spiro atoms. The molecule has 3 aliphatic carbocycles. The number of ketones is 1. The molecule has 16 heteroatoms. The van der Waals surface area contributed by atoms with Crippen LogP contribution < -0.4 is 31.9 Å². The van der Waals surface area contributed by atoms with Gasteiger partial charge in [-0.2, -0.15) is 10.2 Å². The second kappa shape index (κ2) is 22.1. The number of carbonyl (C=O) groups is 6. The quantitative estimate of drug-likeness (QED) is 0.0730. The molecule has 6 rings (SSSR count). The fourth-order valence-electron chi connectivity index (χ4n) is 10.1. The number of nitrogens with one attached hydrogen (secondary N) is 6. The lowest BCUT2D eigenvalue weighted by molar-refractivity contribution is -0.133. The monoisotopic (exact) mass is 811 g/mol. The van der Waals surface area contributed by atoms with Crippen LogP contribution in [0, 0.1) is 17.8 Å². The summed E-state index contributed by atoms with van der Waals surface area (Å²) in [4.78, 5) is 82.9. The average molecular weight is 811 g/mol. The zero-order valence-corrected chi connectivity index (χ0v) is 34.8. The van der Waals surface area contributed by atoms with Gasteiger partial charge in [-0.1, -0.05) is 12.8 Å². The van der Waals surface area contributed by atoms with Gasteiger partial charge in [0.15, 0.2) is 5.78 Å². The normalized spacial score (nSPS) is 31.3. The lowest BCUT2D eigenvalue weighted by Crippen LogP contribution is -2.50. The fourth-order valence-corrected chi connectivity index (χ4v) is 10.1. The number of urea groups is 1. The Morgan fingerprint density at radius 1 is 0.638 bits per heavy atom. The van der Waals surface area contributed by atoms with Crippen molar-refractivity contribution < 1.29 is 28.8 Å². The molecule has 58 heavy (non-hydrogen) atoms. The van der Waals surface area contributed by atoms with Gasteiger partial charge in [-0.3, -0.25) is 24.0 Å². The number of carbonyl (C=O) groups excluding carboxylic acids is 6. The topological polar surface area (TPSA) is 206 Å². The molecule has 324 valence electrons. The Morgan fingerprint density at radius 3 is 1.78 bits per heavy atom. The molecule has 6 N–H and O–H groups in total. The molecule has 0 bridgehead atoms. The van der Waals surface area contributed by atoms with Crippen molar-refractivity contribution in [3.05, 3.63) is 0 Å². The van der Waals surface area contributed by atoms with Crippen LogP contribution in [0.25, 0.3) is 0 Å². The zero-order chi connectivity index (χ0) is 40.9. The van der Waals surface area contributed by atoms with Crippen LogP contribution in [0.1, 0.15) is 122 Å². The second-order valence-corrected chi connectivity index (χ2v) is 18.0. The first kappa shape index (κ1) is 43.9. The van der Waals surface area contributed by atoms with E-state index in [1.807, 2.05) is 0 Å². The molecule has 6 unspecified atom stereocenters. The van der Waals surface area contributed by atoms with Gasteiger partial charge in [0.1, 0.15) is 0 Å². The lowest BCUT2D eigenvalue weighted by atomic mass is 9.77. The number of azo groups is 1. The number of piperidine rings is 2. The molecule has 6 fully saturated rings. The smallest absolute Gasteiger partial charge is 0.315 e. The van der Waals surface area contributed by atoms with Gasteiger partial charge in [-0.25, -0.2) is 4.79 Å². The maximum atomic E-state index is 13.7. The maximum Gasteiger partial charge on any atom is 0.315 e. The predicted molar refractivity (Wildman–Crippen MR) is 219 cm³/mol. The van der Waals surface area contributed by atoms with E-state index in [-0.39, 0.29) is 77.5 Å². The Kier molecular flexibility index (Phi) is 16.7. The van der Waals surface area contributed by atoms with Crippen LogP contribution in [0.5, 0.6) is 0 Å². The van der Waals surface area contributed by atoms with Crippen molar-refractivity contribution in [3.8, 4) is 0 Å². The first-order valence-corrected chi connectivity index (χ1v) is 22.7. The molecule has 0 radical (unpaired) electrons. The minimum Gasteiger partial charge on any atom is -0.356 e. The molecule has 0 aromatic heterocycles. The summed E-state index contributed by atoms with van der Waals surface area (Å²) in [6.45, 7) is 9.01. The number of likely N-dealkylation sites (tertiary alicyclic amines) is 2. The third kappa shape index (κ3) is 13.2. The summed E-state index contributed by atoms with van der Waals surface area (Å²) in [5.41, 5.74) is 0. The molecule has 3 saturated heterocycles. The number of rotatable bonds is 17. The summed E-state index contributed by atoms with van der Waals surface area (Å²) in [5.74, 6) is -1.93. The standard InChI is InChI=1S/C42H70N10O6/c1-28(53)37(41(57)45-33-14-15-35-36(27-33)48-42(58)47-35)50-49-32-12-10-29(11-13-32)40(56)46-34-25-30(38(54)43-16-8-22-51-18-4-2-5-19-51)24-31(26-34)39(55)44-17-9-23-52-20-6-3-7-21-52/h29-37H,2-27H2,1H3,(H,43,54)(H,44,55)(H,45,57)(H,46,56)(H2,47,48,58). The van der Waals surface area contributed by atoms with Crippen LogP contribution in [0.4, 0.5) is 4.79 Å². The summed E-state index contributed by atoms with van der Waals surface area (Å²) in [5, 5.41) is 26.9. The van der Waals surface area contributed by atoms with Crippen LogP contribution in [0.3, 0.4) is 0 Å². The third-order valence-electron chi connectivity index (χ3n) is 13.5. The Hall–Kier alpha value is -3.66. The largest absolute Gasteiger partial charge is 0.356 e. The summed E-state index contributed by atoms with van der Waals surface area (Å²) in [6, 6.07) is -2.06. The second-order valence-electron chi connectivity index (χ2n) is 18.0. The van der Waals surface area contributed by atoms with E-state index in [2.05, 4.69) is 51.9 Å². The number of hydrogen-bond acceptors (Lipinski definition) is 10. The highest BCUT2D eigenvalue weighted by Gasteiger charge is 2.40. The zero-order valence-electron chi connectivity index (χ0n) is 34.8. The van der Waals surface area contributed by atoms with Crippen LogP contribution in [-0.4, -0.2) is 134 Å². The molecule has 6 atom stereocenters. The first-order valence-electron chi connectivity index (χ1n) is 22.7. The highest BCUT2D eigenvalue weighted by molar-refractivity contribution is 6.04. The van der Waals surface area contributed by atoms with Crippen molar-refractivity contribution in [1.82, 2.24) is 41.7 Å². The van der Waals surface area contributed by atoms with Crippen LogP contribution in [0.2, 0.25) is 0 Å². The number of amides is 6. The summed E-state index contributed by atoms with van der Waals surface area (Å²) < 4.78 is 0. The van der Waals surface area contributed by atoms with Crippen molar-refractivity contribution in [2.45, 2.75) is 159 Å². The van der Waals surface area contributed by atoms with E-state index >= 15 is 0 Å². The predicted octanol–water partition coefficient (Wildman–Crippen LogP) is 2.56. The Morgan fingerprint density at radius 2 is 1.21 bits per heavy atom. The number of fused-ring (bicyclic) bond motifs is 1. The Labute approximate surface area is 344 Å². The fraction of sp³-hybridized carbons (Fsp3) is 0.857. The van der Waals surface area contributed by atoms with E-state index in [0.717, 1.165) is 58.5 Å². The molecule has 16 nitrogen and oxygen atoms in total. The molecule has 0 aromatic rings. The van der Waals surface area contributed by atoms with Crippen molar-refractivity contribution in [2.24, 2.45) is 28.0 Å². The van der Waals surface area contributed by atoms with Gasteiger partial charge in [0.05, 0.1) is 18.1 Å². The minimum atomic E-state index is -1.24. The Balaban J connectivity index is 0.961. The van der Waals surface area contributed by atoms with Gasteiger partial charge >= 0.3 is 6.03 Å². The number of hydrogen-bond donors (Lipinski definition) is 6. The van der Waals surface area contributed by atoms with E-state index in [1.54, 1.807) is 0 Å². The van der Waals surface area contributed by atoms with Gasteiger partial charge in [-0.05, 0) is 149 Å². The van der Waals surface area contributed by atoms with E-state index < -0.39 is 11.9 Å². The minimum absolute atomic E-state index is 0.0316. The molecule has 3 aliphatic heterocycles. The van der Waals surface area contributed by atoms with Crippen molar-refractivity contribution in [1.29, 1.82) is 0 Å². The highest BCUT2D eigenvalue weighted by atomic mass is 16.2. The molecule has 0 aromatic carbocycles. The molecular weight excluding hydrogens is 741 g/mol. The first-order chi connectivity index (χ1) is 28.1. The average Bonchev–Trinajstić information content (AvgIpc) is 3.61. The van der Waals surface area contributed by atoms with E-state index in [4.69, 9.17) is 0 Å². The van der Waals surface area contributed by atoms with Crippen LogP contribution in [0.15, 0.2) is 10.2 Å². The number of Topliss-reactive ketones (excluding diaryl/α,β-unsaturated/α-hetero) is 1. The van der Waals surface area contributed by atoms with Crippen molar-refractivity contribution in [3.63, 3.8) is 0 Å². The van der Waals surface area contributed by atoms with Gasteiger partial charge in [-0.15, -0.1) is 0 Å². The lowest BCUT2D eigenvalue weighted by Gasteiger charge is -2.35. The molecule has 6 amide bonds.